The maximum Gasteiger partial charge on any atom is 0.125 e. The number of hydrogen-bond donors (Lipinski definition) is 2. The van der Waals surface area contributed by atoms with Gasteiger partial charge in [0, 0.05) is 6.04 Å². The van der Waals surface area contributed by atoms with Crippen molar-refractivity contribution in [3.8, 4) is 0 Å². The molecule has 0 aliphatic heterocycles. The standard InChI is InChI=1S/C12H17FN2/c1-7(2)9-6-12(9)15-11-4-3-8(13)5-10(11)14/h3-5,7,9,12,15H,6,14H2,1-2H3. The predicted molar refractivity (Wildman–Crippen MR) is 61.2 cm³/mol. The first-order valence-corrected chi connectivity index (χ1v) is 5.39. The Morgan fingerprint density at radius 3 is 2.73 bits per heavy atom. The van der Waals surface area contributed by atoms with E-state index in [1.165, 1.54) is 18.6 Å². The third-order valence-electron chi connectivity index (χ3n) is 3.05. The molecular formula is C12H17FN2. The Morgan fingerprint density at radius 1 is 1.47 bits per heavy atom. The molecule has 1 aromatic carbocycles. The summed E-state index contributed by atoms with van der Waals surface area (Å²) in [5.41, 5.74) is 7.06. The average Bonchev–Trinajstić information content (AvgIpc) is 2.89. The van der Waals surface area contributed by atoms with Crippen LogP contribution in [0.1, 0.15) is 20.3 Å². The van der Waals surface area contributed by atoms with Crippen LogP contribution < -0.4 is 11.1 Å². The van der Waals surface area contributed by atoms with Crippen molar-refractivity contribution in [3.05, 3.63) is 24.0 Å². The Balaban J connectivity index is 2.01. The molecule has 0 radical (unpaired) electrons. The quantitative estimate of drug-likeness (QED) is 0.749. The summed E-state index contributed by atoms with van der Waals surface area (Å²) < 4.78 is 12.8. The first-order valence-electron chi connectivity index (χ1n) is 5.39. The van der Waals surface area contributed by atoms with E-state index in [4.69, 9.17) is 5.73 Å². The number of hydrogen-bond acceptors (Lipinski definition) is 2. The molecule has 1 saturated carbocycles. The van der Waals surface area contributed by atoms with Crippen LogP contribution in [-0.2, 0) is 0 Å². The normalized spacial score (nSPS) is 24.3. The van der Waals surface area contributed by atoms with Gasteiger partial charge in [-0.3, -0.25) is 0 Å². The fourth-order valence-electron chi connectivity index (χ4n) is 1.98. The zero-order chi connectivity index (χ0) is 11.0. The fraction of sp³-hybridized carbons (Fsp3) is 0.500. The van der Waals surface area contributed by atoms with Crippen molar-refractivity contribution in [2.45, 2.75) is 26.3 Å². The summed E-state index contributed by atoms with van der Waals surface area (Å²) >= 11 is 0. The van der Waals surface area contributed by atoms with E-state index in [9.17, 15) is 4.39 Å². The Bertz CT molecular complexity index is 363. The van der Waals surface area contributed by atoms with Crippen LogP contribution >= 0.6 is 0 Å². The third-order valence-corrected chi connectivity index (χ3v) is 3.05. The van der Waals surface area contributed by atoms with Gasteiger partial charge in [0.05, 0.1) is 11.4 Å². The van der Waals surface area contributed by atoms with Gasteiger partial charge >= 0.3 is 0 Å². The summed E-state index contributed by atoms with van der Waals surface area (Å²) in [6.07, 6.45) is 1.19. The number of anilines is 2. The number of benzene rings is 1. The molecule has 15 heavy (non-hydrogen) atoms. The van der Waals surface area contributed by atoms with Crippen LogP contribution in [-0.4, -0.2) is 6.04 Å². The first kappa shape index (κ1) is 10.3. The van der Waals surface area contributed by atoms with E-state index in [1.54, 1.807) is 6.07 Å². The Kier molecular flexibility index (Phi) is 2.55. The zero-order valence-electron chi connectivity index (χ0n) is 9.13. The number of nitrogens with two attached hydrogens (primary N) is 1. The minimum atomic E-state index is -0.283. The van der Waals surface area contributed by atoms with Gasteiger partial charge in [0.1, 0.15) is 5.82 Å². The van der Waals surface area contributed by atoms with E-state index >= 15 is 0 Å². The van der Waals surface area contributed by atoms with Crippen LogP contribution in [0.4, 0.5) is 15.8 Å². The van der Waals surface area contributed by atoms with Gasteiger partial charge in [0.2, 0.25) is 0 Å². The van der Waals surface area contributed by atoms with Crippen LogP contribution in [0.3, 0.4) is 0 Å². The van der Waals surface area contributed by atoms with Crippen molar-refractivity contribution < 1.29 is 4.39 Å². The van der Waals surface area contributed by atoms with Crippen LogP contribution in [0.2, 0.25) is 0 Å². The van der Waals surface area contributed by atoms with Crippen molar-refractivity contribution in [2.75, 3.05) is 11.1 Å². The van der Waals surface area contributed by atoms with Crippen molar-refractivity contribution in [1.29, 1.82) is 0 Å². The highest BCUT2D eigenvalue weighted by atomic mass is 19.1. The highest BCUT2D eigenvalue weighted by molar-refractivity contribution is 5.66. The Labute approximate surface area is 89.7 Å². The molecule has 0 bridgehead atoms. The molecule has 0 aromatic heterocycles. The van der Waals surface area contributed by atoms with Crippen molar-refractivity contribution in [2.24, 2.45) is 11.8 Å². The van der Waals surface area contributed by atoms with Crippen molar-refractivity contribution >= 4 is 11.4 Å². The largest absolute Gasteiger partial charge is 0.397 e. The summed E-state index contributed by atoms with van der Waals surface area (Å²) in [4.78, 5) is 0. The van der Waals surface area contributed by atoms with E-state index in [2.05, 4.69) is 19.2 Å². The van der Waals surface area contributed by atoms with Gasteiger partial charge in [-0.05, 0) is 36.5 Å². The highest BCUT2D eigenvalue weighted by Gasteiger charge is 2.39. The summed E-state index contributed by atoms with van der Waals surface area (Å²) in [5, 5.41) is 3.35. The second-order valence-electron chi connectivity index (χ2n) is 4.63. The molecule has 82 valence electrons. The molecule has 1 aromatic rings. The lowest BCUT2D eigenvalue weighted by molar-refractivity contribution is 0.553. The SMILES string of the molecule is CC(C)C1CC1Nc1ccc(F)cc1N. The summed E-state index contributed by atoms with van der Waals surface area (Å²) in [6.45, 7) is 4.45. The molecule has 1 fully saturated rings. The van der Waals surface area contributed by atoms with Crippen LogP contribution in [0.25, 0.3) is 0 Å². The van der Waals surface area contributed by atoms with Crippen molar-refractivity contribution in [1.82, 2.24) is 0 Å². The molecule has 0 saturated heterocycles. The fourth-order valence-corrected chi connectivity index (χ4v) is 1.98. The third kappa shape index (κ3) is 2.22. The molecule has 2 rings (SSSR count). The van der Waals surface area contributed by atoms with Gasteiger partial charge in [-0.25, -0.2) is 4.39 Å². The first-order chi connectivity index (χ1) is 7.08. The average molecular weight is 208 g/mol. The number of halogens is 1. The number of nitrogen functional groups attached to an aromatic ring is 1. The van der Waals surface area contributed by atoms with Gasteiger partial charge in [-0.1, -0.05) is 13.8 Å². The van der Waals surface area contributed by atoms with Gasteiger partial charge in [-0.2, -0.15) is 0 Å². The maximum absolute atomic E-state index is 12.8. The molecular weight excluding hydrogens is 191 g/mol. The van der Waals surface area contributed by atoms with Crippen LogP contribution in [0.15, 0.2) is 18.2 Å². The van der Waals surface area contributed by atoms with Crippen LogP contribution in [0, 0.1) is 17.7 Å². The smallest absolute Gasteiger partial charge is 0.125 e. The van der Waals surface area contributed by atoms with Gasteiger partial charge in [0.25, 0.3) is 0 Å². The molecule has 3 N–H and O–H groups in total. The minimum Gasteiger partial charge on any atom is -0.397 e. The highest BCUT2D eigenvalue weighted by Crippen LogP contribution is 2.40. The van der Waals surface area contributed by atoms with Crippen LogP contribution in [0.5, 0.6) is 0 Å². The summed E-state index contributed by atoms with van der Waals surface area (Å²) in [5.74, 6) is 1.15. The van der Waals surface area contributed by atoms with Gasteiger partial charge < -0.3 is 11.1 Å². The molecule has 2 atom stereocenters. The molecule has 1 aliphatic rings. The van der Waals surface area contributed by atoms with Gasteiger partial charge in [0.15, 0.2) is 0 Å². The summed E-state index contributed by atoms with van der Waals surface area (Å²) in [6, 6.07) is 5.01. The van der Waals surface area contributed by atoms with E-state index in [0.29, 0.717) is 17.6 Å². The van der Waals surface area contributed by atoms with E-state index in [-0.39, 0.29) is 5.82 Å². The monoisotopic (exact) mass is 208 g/mol. The van der Waals surface area contributed by atoms with E-state index in [0.717, 1.165) is 11.6 Å². The summed E-state index contributed by atoms with van der Waals surface area (Å²) in [7, 11) is 0. The molecule has 0 heterocycles. The lowest BCUT2D eigenvalue weighted by Gasteiger charge is -2.10. The number of nitrogens with one attached hydrogen (secondary N) is 1. The Hall–Kier alpha value is -1.25. The predicted octanol–water partition coefficient (Wildman–Crippen LogP) is 2.86. The lowest BCUT2D eigenvalue weighted by atomic mass is 10.1. The van der Waals surface area contributed by atoms with E-state index in [1.807, 2.05) is 0 Å². The lowest BCUT2D eigenvalue weighted by Crippen LogP contribution is -2.09. The molecule has 1 aliphatic carbocycles. The molecule has 2 unspecified atom stereocenters. The Morgan fingerprint density at radius 2 is 2.20 bits per heavy atom. The van der Waals surface area contributed by atoms with Crippen molar-refractivity contribution in [3.63, 3.8) is 0 Å². The molecule has 2 nitrogen and oxygen atoms in total. The second-order valence-corrected chi connectivity index (χ2v) is 4.63. The van der Waals surface area contributed by atoms with Gasteiger partial charge in [-0.15, -0.1) is 0 Å². The van der Waals surface area contributed by atoms with E-state index < -0.39 is 0 Å². The second kappa shape index (κ2) is 3.72. The zero-order valence-corrected chi connectivity index (χ0v) is 9.13. The topological polar surface area (TPSA) is 38.0 Å². The number of rotatable bonds is 3. The minimum absolute atomic E-state index is 0.283. The molecule has 3 heteroatoms. The molecule has 0 amide bonds. The molecule has 0 spiro atoms. The maximum atomic E-state index is 12.8.